The van der Waals surface area contributed by atoms with E-state index >= 15 is 0 Å². The second-order valence-corrected chi connectivity index (χ2v) is 3.71. The molecule has 0 amide bonds. The molecule has 16 heavy (non-hydrogen) atoms. The molecule has 0 saturated carbocycles. The summed E-state index contributed by atoms with van der Waals surface area (Å²) in [6.07, 6.45) is 7.92. The molecule has 0 saturated heterocycles. The normalized spacial score (nSPS) is 17.1. The quantitative estimate of drug-likeness (QED) is 0.629. The predicted octanol–water partition coefficient (Wildman–Crippen LogP) is -0.0531. The van der Waals surface area contributed by atoms with Gasteiger partial charge in [0.1, 0.15) is 0 Å². The van der Waals surface area contributed by atoms with Crippen LogP contribution >= 0.6 is 0 Å². The number of fused-ring (bicyclic) bond motifs is 2. The minimum absolute atomic E-state index is 0.434. The van der Waals surface area contributed by atoms with Gasteiger partial charge in [-0.25, -0.2) is 4.99 Å². The zero-order valence-electron chi connectivity index (χ0n) is 8.64. The summed E-state index contributed by atoms with van der Waals surface area (Å²) in [7, 11) is 0. The Morgan fingerprint density at radius 1 is 1.19 bits per heavy atom. The highest BCUT2D eigenvalue weighted by Gasteiger charge is 2.10. The lowest BCUT2D eigenvalue weighted by Gasteiger charge is -2.14. The van der Waals surface area contributed by atoms with Gasteiger partial charge in [0.05, 0.1) is 5.70 Å². The molecule has 3 N–H and O–H groups in total. The van der Waals surface area contributed by atoms with Crippen LogP contribution in [0.2, 0.25) is 0 Å². The minimum atomic E-state index is 0.434. The molecule has 1 aliphatic carbocycles. The van der Waals surface area contributed by atoms with Crippen molar-refractivity contribution in [3.63, 3.8) is 0 Å². The van der Waals surface area contributed by atoms with Crippen molar-refractivity contribution in [2.24, 2.45) is 10.7 Å². The third-order valence-corrected chi connectivity index (χ3v) is 2.67. The van der Waals surface area contributed by atoms with Crippen LogP contribution in [-0.2, 0) is 0 Å². The van der Waals surface area contributed by atoms with E-state index in [-0.39, 0.29) is 0 Å². The third kappa shape index (κ3) is 1.34. The van der Waals surface area contributed by atoms with Crippen LogP contribution in [0.15, 0.2) is 53.2 Å². The van der Waals surface area contributed by atoms with Crippen molar-refractivity contribution in [2.75, 3.05) is 0 Å². The van der Waals surface area contributed by atoms with Gasteiger partial charge in [-0.1, -0.05) is 42.5 Å². The van der Waals surface area contributed by atoms with E-state index < -0.39 is 0 Å². The summed E-state index contributed by atoms with van der Waals surface area (Å²) in [6.45, 7) is 0. The van der Waals surface area contributed by atoms with E-state index in [4.69, 9.17) is 5.73 Å². The van der Waals surface area contributed by atoms with Crippen molar-refractivity contribution in [1.29, 1.82) is 0 Å². The van der Waals surface area contributed by atoms with Crippen LogP contribution in [0.25, 0.3) is 11.8 Å². The molecule has 2 aliphatic rings. The fourth-order valence-electron chi connectivity index (χ4n) is 1.91. The zero-order valence-corrected chi connectivity index (χ0v) is 8.64. The topological polar surface area (TPSA) is 50.4 Å². The van der Waals surface area contributed by atoms with Gasteiger partial charge in [-0.2, -0.15) is 0 Å². The fraction of sp³-hybridized carbons (Fsp3) is 0. The van der Waals surface area contributed by atoms with Gasteiger partial charge in [-0.3, -0.25) is 0 Å². The molecule has 0 bridgehead atoms. The fourth-order valence-corrected chi connectivity index (χ4v) is 1.91. The van der Waals surface area contributed by atoms with Crippen molar-refractivity contribution in [1.82, 2.24) is 5.32 Å². The Hall–Kier alpha value is -2.29. The van der Waals surface area contributed by atoms with E-state index in [0.29, 0.717) is 5.96 Å². The Kier molecular flexibility index (Phi) is 1.90. The van der Waals surface area contributed by atoms with Crippen LogP contribution in [0.3, 0.4) is 0 Å². The van der Waals surface area contributed by atoms with Crippen molar-refractivity contribution < 1.29 is 0 Å². The molecular weight excluding hydrogens is 198 g/mol. The van der Waals surface area contributed by atoms with Gasteiger partial charge in [-0.05, 0) is 5.22 Å². The molecule has 3 nitrogen and oxygen atoms in total. The maximum Gasteiger partial charge on any atom is 0.197 e. The molecular formula is C13H11N3. The second-order valence-electron chi connectivity index (χ2n) is 3.71. The van der Waals surface area contributed by atoms with E-state index in [0.717, 1.165) is 16.5 Å². The lowest BCUT2D eigenvalue weighted by Crippen LogP contribution is -2.39. The monoisotopic (exact) mass is 209 g/mol. The van der Waals surface area contributed by atoms with Crippen LogP contribution in [-0.4, -0.2) is 5.96 Å². The van der Waals surface area contributed by atoms with Gasteiger partial charge < -0.3 is 11.1 Å². The van der Waals surface area contributed by atoms with Crippen LogP contribution in [0.5, 0.6) is 0 Å². The number of hydrogen-bond donors (Lipinski definition) is 2. The second kappa shape index (κ2) is 3.38. The van der Waals surface area contributed by atoms with E-state index in [2.05, 4.69) is 28.5 Å². The van der Waals surface area contributed by atoms with Crippen LogP contribution in [0.1, 0.15) is 0 Å². The highest BCUT2D eigenvalue weighted by atomic mass is 15.1. The van der Waals surface area contributed by atoms with E-state index in [1.165, 1.54) is 5.22 Å². The number of nitrogens with one attached hydrogen (secondary N) is 1. The molecule has 0 atom stereocenters. The van der Waals surface area contributed by atoms with Gasteiger partial charge in [0.2, 0.25) is 0 Å². The maximum absolute atomic E-state index is 5.69. The van der Waals surface area contributed by atoms with Crippen LogP contribution < -0.4 is 21.5 Å². The number of aliphatic imine (C=N–C) groups is 1. The summed E-state index contributed by atoms with van der Waals surface area (Å²) < 4.78 is 0. The average Bonchev–Trinajstić information content (AvgIpc) is 2.48. The average molecular weight is 209 g/mol. The molecule has 0 spiro atoms. The first-order valence-electron chi connectivity index (χ1n) is 5.13. The van der Waals surface area contributed by atoms with E-state index in [1.807, 2.05) is 24.3 Å². The molecule has 0 unspecified atom stereocenters. The molecule has 0 radical (unpaired) electrons. The number of nitrogens with two attached hydrogens (primary N) is 1. The summed E-state index contributed by atoms with van der Waals surface area (Å²) in [5, 5.41) is 5.45. The van der Waals surface area contributed by atoms with Gasteiger partial charge in [0, 0.05) is 17.0 Å². The Labute approximate surface area is 93.0 Å². The molecule has 1 heterocycles. The van der Waals surface area contributed by atoms with Crippen molar-refractivity contribution in [3.8, 4) is 0 Å². The summed E-state index contributed by atoms with van der Waals surface area (Å²) in [4.78, 5) is 4.06. The number of hydrogen-bond acceptors (Lipinski definition) is 3. The standard InChI is InChI=1S/C13H11N3/c14-13-15-8-10-6-3-5-9-4-1-2-7-11(9)12(10)16-13/h1-8H,(H3,14,15,16). The molecule has 3 heteroatoms. The summed E-state index contributed by atoms with van der Waals surface area (Å²) in [5.74, 6) is 0.434. The lowest BCUT2D eigenvalue weighted by atomic mass is 10.1. The molecule has 0 fully saturated rings. The Balaban J connectivity index is 2.41. The molecule has 1 aromatic rings. The Morgan fingerprint density at radius 3 is 3.00 bits per heavy atom. The van der Waals surface area contributed by atoms with Gasteiger partial charge in [0.25, 0.3) is 0 Å². The first kappa shape index (κ1) is 8.97. The Morgan fingerprint density at radius 2 is 2.06 bits per heavy atom. The largest absolute Gasteiger partial charge is 0.369 e. The third-order valence-electron chi connectivity index (χ3n) is 2.67. The number of benzene rings is 1. The first-order valence-corrected chi connectivity index (χ1v) is 5.13. The number of allylic oxidation sites excluding steroid dienone is 1. The molecule has 3 rings (SSSR count). The molecule has 78 valence electrons. The number of guanidine groups is 1. The maximum atomic E-state index is 5.69. The van der Waals surface area contributed by atoms with Gasteiger partial charge >= 0.3 is 0 Å². The minimum Gasteiger partial charge on any atom is -0.369 e. The van der Waals surface area contributed by atoms with E-state index in [1.54, 1.807) is 6.20 Å². The number of rotatable bonds is 0. The van der Waals surface area contributed by atoms with Gasteiger partial charge in [0.15, 0.2) is 5.96 Å². The smallest absolute Gasteiger partial charge is 0.197 e. The highest BCUT2D eigenvalue weighted by molar-refractivity contribution is 5.91. The lowest BCUT2D eigenvalue weighted by molar-refractivity contribution is 1.17. The summed E-state index contributed by atoms with van der Waals surface area (Å²) >= 11 is 0. The van der Waals surface area contributed by atoms with Gasteiger partial charge in [-0.15, -0.1) is 0 Å². The van der Waals surface area contributed by atoms with Crippen molar-refractivity contribution in [3.05, 3.63) is 58.6 Å². The van der Waals surface area contributed by atoms with Crippen LogP contribution in [0.4, 0.5) is 0 Å². The zero-order chi connectivity index (χ0) is 11.0. The predicted molar refractivity (Wildman–Crippen MR) is 65.5 cm³/mol. The van der Waals surface area contributed by atoms with Crippen molar-refractivity contribution in [2.45, 2.75) is 0 Å². The Bertz CT molecular complexity index is 648. The molecule has 1 aromatic carbocycles. The highest BCUT2D eigenvalue weighted by Crippen LogP contribution is 2.12. The summed E-state index contributed by atoms with van der Waals surface area (Å²) in [5.41, 5.74) is 7.76. The van der Waals surface area contributed by atoms with Crippen molar-refractivity contribution >= 4 is 17.7 Å². The SMILES string of the molecule is NC1=NC=C2C=CC=c3ccccc3=C2N1. The number of nitrogens with zero attached hydrogens (tertiary/aromatic N) is 1. The van der Waals surface area contributed by atoms with Crippen LogP contribution in [0, 0.1) is 0 Å². The molecule has 0 aromatic heterocycles. The summed E-state index contributed by atoms with van der Waals surface area (Å²) in [6, 6.07) is 8.21. The van der Waals surface area contributed by atoms with E-state index in [9.17, 15) is 0 Å². The molecule has 1 aliphatic heterocycles. The first-order chi connectivity index (χ1) is 7.84.